The van der Waals surface area contributed by atoms with Gasteiger partial charge in [-0.05, 0) is 36.1 Å². The molecule has 1 aromatic rings. The second-order valence-electron chi connectivity index (χ2n) is 4.69. The molecular formula is C13H18N2OS. The number of hydrogen-bond acceptors (Lipinski definition) is 3. The van der Waals surface area contributed by atoms with Crippen LogP contribution in [0.3, 0.4) is 0 Å². The molecule has 0 unspecified atom stereocenters. The van der Waals surface area contributed by atoms with Crippen molar-refractivity contribution in [2.45, 2.75) is 33.1 Å². The summed E-state index contributed by atoms with van der Waals surface area (Å²) in [4.78, 5) is 12.5. The fourth-order valence-corrected chi connectivity index (χ4v) is 2.92. The predicted molar refractivity (Wildman–Crippen MR) is 71.4 cm³/mol. The minimum absolute atomic E-state index is 0.0996. The van der Waals surface area contributed by atoms with Gasteiger partial charge in [-0.3, -0.25) is 4.79 Å². The summed E-state index contributed by atoms with van der Waals surface area (Å²) in [6, 6.07) is 3.69. The molecule has 2 rings (SSSR count). The van der Waals surface area contributed by atoms with E-state index in [1.54, 1.807) is 0 Å². The quantitative estimate of drug-likeness (QED) is 0.804. The summed E-state index contributed by atoms with van der Waals surface area (Å²) in [6.45, 7) is 4.37. The summed E-state index contributed by atoms with van der Waals surface area (Å²) in [5.74, 6) is 0.877. The largest absolute Gasteiger partial charge is 0.281 e. The van der Waals surface area contributed by atoms with Crippen molar-refractivity contribution in [2.75, 3.05) is 0 Å². The molecule has 0 spiro atoms. The van der Waals surface area contributed by atoms with Gasteiger partial charge < -0.3 is 0 Å². The summed E-state index contributed by atoms with van der Waals surface area (Å²) >= 11 is 1.44. The number of carbonyl (C=O) groups excluding carboxylic acids is 1. The van der Waals surface area contributed by atoms with Crippen LogP contribution in [-0.2, 0) is 0 Å². The molecular weight excluding hydrogens is 232 g/mol. The zero-order valence-electron chi connectivity index (χ0n) is 10.3. The SMILES string of the molecule is C[C@@H]1CCC[C@@H](C)C1=NNC(=O)c1cccs1. The molecule has 1 aliphatic carbocycles. The molecule has 1 N–H and O–H groups in total. The van der Waals surface area contributed by atoms with Gasteiger partial charge in [0.1, 0.15) is 0 Å². The first-order valence-corrected chi connectivity index (χ1v) is 6.97. The molecule has 0 aliphatic heterocycles. The van der Waals surface area contributed by atoms with Crippen molar-refractivity contribution >= 4 is 23.0 Å². The van der Waals surface area contributed by atoms with Crippen molar-refractivity contribution in [1.29, 1.82) is 0 Å². The average Bonchev–Trinajstić information content (AvgIpc) is 2.81. The van der Waals surface area contributed by atoms with E-state index >= 15 is 0 Å². The molecule has 0 bridgehead atoms. The van der Waals surface area contributed by atoms with Crippen molar-refractivity contribution in [2.24, 2.45) is 16.9 Å². The summed E-state index contributed by atoms with van der Waals surface area (Å²) in [5, 5.41) is 6.22. The lowest BCUT2D eigenvalue weighted by Gasteiger charge is -2.26. The van der Waals surface area contributed by atoms with Gasteiger partial charge in [-0.15, -0.1) is 11.3 Å². The molecule has 0 saturated heterocycles. The number of hydrogen-bond donors (Lipinski definition) is 1. The maximum absolute atomic E-state index is 11.8. The van der Waals surface area contributed by atoms with Gasteiger partial charge in [0.05, 0.1) is 4.88 Å². The molecule has 3 nitrogen and oxygen atoms in total. The summed E-state index contributed by atoms with van der Waals surface area (Å²) in [5.41, 5.74) is 3.82. The Balaban J connectivity index is 2.02. The first kappa shape index (κ1) is 12.3. The minimum Gasteiger partial charge on any atom is -0.266 e. The van der Waals surface area contributed by atoms with Crippen LogP contribution in [0.1, 0.15) is 42.8 Å². The monoisotopic (exact) mass is 250 g/mol. The molecule has 1 aromatic heterocycles. The van der Waals surface area contributed by atoms with E-state index in [-0.39, 0.29) is 5.91 Å². The highest BCUT2D eigenvalue weighted by Gasteiger charge is 2.23. The predicted octanol–water partition coefficient (Wildman–Crippen LogP) is 3.29. The van der Waals surface area contributed by atoms with E-state index in [1.165, 1.54) is 30.6 Å². The third-order valence-corrected chi connectivity index (χ3v) is 4.18. The Morgan fingerprint density at radius 2 is 2.12 bits per heavy atom. The minimum atomic E-state index is -0.0996. The molecule has 1 amide bonds. The van der Waals surface area contributed by atoms with Crippen molar-refractivity contribution in [3.8, 4) is 0 Å². The number of nitrogens with one attached hydrogen (secondary N) is 1. The lowest BCUT2D eigenvalue weighted by atomic mass is 9.81. The van der Waals surface area contributed by atoms with Gasteiger partial charge >= 0.3 is 0 Å². The molecule has 0 aromatic carbocycles. The zero-order valence-corrected chi connectivity index (χ0v) is 11.1. The number of rotatable bonds is 2. The molecule has 1 saturated carbocycles. The Morgan fingerprint density at radius 1 is 1.41 bits per heavy atom. The van der Waals surface area contributed by atoms with E-state index in [2.05, 4.69) is 24.4 Å². The van der Waals surface area contributed by atoms with Crippen LogP contribution < -0.4 is 5.43 Å². The standard InChI is InChI=1S/C13H18N2OS/c1-9-5-3-6-10(2)12(9)14-15-13(16)11-7-4-8-17-11/h4,7-10H,3,5-6H2,1-2H3,(H,15,16)/t9-,10-/m1/s1. The van der Waals surface area contributed by atoms with Crippen molar-refractivity contribution in [1.82, 2.24) is 5.43 Å². The van der Waals surface area contributed by atoms with Crippen LogP contribution >= 0.6 is 11.3 Å². The fourth-order valence-electron chi connectivity index (χ4n) is 2.31. The van der Waals surface area contributed by atoms with Gasteiger partial charge in [0.2, 0.25) is 0 Å². The Kier molecular flexibility index (Phi) is 3.94. The highest BCUT2D eigenvalue weighted by Crippen LogP contribution is 2.25. The fraction of sp³-hybridized carbons (Fsp3) is 0.538. The van der Waals surface area contributed by atoms with Gasteiger partial charge in [-0.2, -0.15) is 5.10 Å². The van der Waals surface area contributed by atoms with Crippen LogP contribution in [0.5, 0.6) is 0 Å². The first-order valence-electron chi connectivity index (χ1n) is 6.10. The lowest BCUT2D eigenvalue weighted by molar-refractivity contribution is 0.0958. The number of thiophene rings is 1. The third-order valence-electron chi connectivity index (χ3n) is 3.32. The third kappa shape index (κ3) is 2.94. The highest BCUT2D eigenvalue weighted by molar-refractivity contribution is 7.12. The van der Waals surface area contributed by atoms with E-state index in [0.717, 1.165) is 5.71 Å². The van der Waals surface area contributed by atoms with Crippen molar-refractivity contribution in [3.63, 3.8) is 0 Å². The topological polar surface area (TPSA) is 41.5 Å². The zero-order chi connectivity index (χ0) is 12.3. The molecule has 0 radical (unpaired) electrons. The highest BCUT2D eigenvalue weighted by atomic mass is 32.1. The van der Waals surface area contributed by atoms with Gasteiger partial charge in [0, 0.05) is 5.71 Å². The Bertz CT molecular complexity index is 399. The Labute approximate surface area is 106 Å². The molecule has 1 fully saturated rings. The van der Waals surface area contributed by atoms with Crippen LogP contribution in [0.2, 0.25) is 0 Å². The molecule has 2 atom stereocenters. The van der Waals surface area contributed by atoms with Gasteiger partial charge in [-0.25, -0.2) is 5.43 Å². The Hall–Kier alpha value is -1.16. The normalized spacial score (nSPS) is 24.5. The maximum atomic E-state index is 11.8. The van der Waals surface area contributed by atoms with Gasteiger partial charge in [0.15, 0.2) is 0 Å². The molecule has 17 heavy (non-hydrogen) atoms. The van der Waals surface area contributed by atoms with Crippen LogP contribution in [-0.4, -0.2) is 11.6 Å². The second-order valence-corrected chi connectivity index (χ2v) is 5.64. The summed E-state index contributed by atoms with van der Waals surface area (Å²) in [7, 11) is 0. The molecule has 1 heterocycles. The molecule has 92 valence electrons. The van der Waals surface area contributed by atoms with Crippen LogP contribution in [0, 0.1) is 11.8 Å². The summed E-state index contributed by atoms with van der Waals surface area (Å²) < 4.78 is 0. The van der Waals surface area contributed by atoms with Crippen molar-refractivity contribution < 1.29 is 4.79 Å². The smallest absolute Gasteiger partial charge is 0.266 e. The van der Waals surface area contributed by atoms with Gasteiger partial charge in [0.25, 0.3) is 5.91 Å². The Morgan fingerprint density at radius 3 is 2.71 bits per heavy atom. The van der Waals surface area contributed by atoms with Crippen molar-refractivity contribution in [3.05, 3.63) is 22.4 Å². The van der Waals surface area contributed by atoms with E-state index in [1.807, 2.05) is 17.5 Å². The van der Waals surface area contributed by atoms with E-state index in [9.17, 15) is 4.79 Å². The van der Waals surface area contributed by atoms with E-state index < -0.39 is 0 Å². The number of amides is 1. The molecule has 4 heteroatoms. The average molecular weight is 250 g/mol. The van der Waals surface area contributed by atoms with E-state index in [0.29, 0.717) is 16.7 Å². The van der Waals surface area contributed by atoms with Gasteiger partial charge in [-0.1, -0.05) is 26.3 Å². The number of nitrogens with zero attached hydrogens (tertiary/aromatic N) is 1. The van der Waals surface area contributed by atoms with E-state index in [4.69, 9.17) is 0 Å². The van der Waals surface area contributed by atoms with Crippen LogP contribution in [0.4, 0.5) is 0 Å². The lowest BCUT2D eigenvalue weighted by Crippen LogP contribution is -2.29. The molecule has 1 aliphatic rings. The van der Waals surface area contributed by atoms with Crippen LogP contribution in [0.15, 0.2) is 22.6 Å². The maximum Gasteiger partial charge on any atom is 0.281 e. The summed E-state index contributed by atoms with van der Waals surface area (Å²) in [6.07, 6.45) is 3.62. The van der Waals surface area contributed by atoms with Crippen LogP contribution in [0.25, 0.3) is 0 Å². The second kappa shape index (κ2) is 5.45. The number of hydrazone groups is 1. The number of carbonyl (C=O) groups is 1. The first-order chi connectivity index (χ1) is 8.18.